The number of amides is 1. The third kappa shape index (κ3) is 4.00. The number of nitrogens with zero attached hydrogens (tertiary/aromatic N) is 1. The van der Waals surface area contributed by atoms with Gasteiger partial charge in [0.25, 0.3) is 5.69 Å². The zero-order chi connectivity index (χ0) is 13.7. The van der Waals surface area contributed by atoms with Gasteiger partial charge in [-0.3, -0.25) is 14.9 Å². The van der Waals surface area contributed by atoms with Crippen LogP contribution >= 0.6 is 0 Å². The van der Waals surface area contributed by atoms with Crippen LogP contribution in [0, 0.1) is 15.9 Å². The predicted molar refractivity (Wildman–Crippen MR) is 64.8 cm³/mol. The molecule has 0 heterocycles. The Bertz CT molecular complexity index is 463. The van der Waals surface area contributed by atoms with E-state index >= 15 is 0 Å². The summed E-state index contributed by atoms with van der Waals surface area (Å²) in [7, 11) is 0. The van der Waals surface area contributed by atoms with Crippen molar-refractivity contribution in [3.63, 3.8) is 0 Å². The third-order valence-electron chi connectivity index (χ3n) is 2.05. The first-order chi connectivity index (χ1) is 8.40. The monoisotopic (exact) mass is 255 g/mol. The van der Waals surface area contributed by atoms with Crippen LogP contribution in [-0.2, 0) is 4.79 Å². The van der Waals surface area contributed by atoms with Crippen LogP contribution in [0.5, 0.6) is 0 Å². The van der Waals surface area contributed by atoms with Gasteiger partial charge in [-0.2, -0.15) is 0 Å². The van der Waals surface area contributed by atoms with Crippen molar-refractivity contribution in [3.05, 3.63) is 34.1 Å². The molecule has 2 N–H and O–H groups in total. The SMILES string of the molecule is CC(C)NC(=O)CNc1ccc(F)cc1[N+](=O)[O-]. The van der Waals surface area contributed by atoms with Crippen LogP contribution in [0.3, 0.4) is 0 Å². The van der Waals surface area contributed by atoms with Crippen LogP contribution in [0.15, 0.2) is 18.2 Å². The van der Waals surface area contributed by atoms with Gasteiger partial charge in [0.2, 0.25) is 5.91 Å². The van der Waals surface area contributed by atoms with Crippen molar-refractivity contribution in [3.8, 4) is 0 Å². The molecule has 0 atom stereocenters. The molecule has 0 saturated heterocycles. The topological polar surface area (TPSA) is 84.3 Å². The van der Waals surface area contributed by atoms with E-state index in [2.05, 4.69) is 10.6 Å². The fraction of sp³-hybridized carbons (Fsp3) is 0.364. The number of hydrogen-bond acceptors (Lipinski definition) is 4. The summed E-state index contributed by atoms with van der Waals surface area (Å²) < 4.78 is 12.9. The Morgan fingerprint density at radius 3 is 2.72 bits per heavy atom. The van der Waals surface area contributed by atoms with E-state index in [9.17, 15) is 19.3 Å². The fourth-order valence-electron chi connectivity index (χ4n) is 1.35. The number of halogens is 1. The molecule has 0 aliphatic heterocycles. The maximum atomic E-state index is 12.9. The summed E-state index contributed by atoms with van der Waals surface area (Å²) in [6.07, 6.45) is 0. The summed E-state index contributed by atoms with van der Waals surface area (Å²) >= 11 is 0. The molecule has 0 aromatic heterocycles. The lowest BCUT2D eigenvalue weighted by Crippen LogP contribution is -2.34. The first-order valence-corrected chi connectivity index (χ1v) is 5.37. The largest absolute Gasteiger partial charge is 0.371 e. The number of nitrogens with one attached hydrogen (secondary N) is 2. The van der Waals surface area contributed by atoms with Crippen molar-refractivity contribution in [2.24, 2.45) is 0 Å². The van der Waals surface area contributed by atoms with E-state index in [-0.39, 0.29) is 24.2 Å². The average Bonchev–Trinajstić information content (AvgIpc) is 2.26. The second-order valence-corrected chi connectivity index (χ2v) is 3.99. The van der Waals surface area contributed by atoms with Crippen molar-refractivity contribution >= 4 is 17.3 Å². The summed E-state index contributed by atoms with van der Waals surface area (Å²) in [6.45, 7) is 3.50. The highest BCUT2D eigenvalue weighted by Crippen LogP contribution is 2.24. The van der Waals surface area contributed by atoms with E-state index in [1.54, 1.807) is 13.8 Å². The van der Waals surface area contributed by atoms with Crippen molar-refractivity contribution in [1.29, 1.82) is 0 Å². The molecule has 7 heteroatoms. The zero-order valence-corrected chi connectivity index (χ0v) is 10.1. The van der Waals surface area contributed by atoms with E-state index < -0.39 is 16.4 Å². The highest BCUT2D eigenvalue weighted by Gasteiger charge is 2.15. The minimum absolute atomic E-state index is 0.0116. The summed E-state index contributed by atoms with van der Waals surface area (Å²) in [6, 6.07) is 3.12. The summed E-state index contributed by atoms with van der Waals surface area (Å²) in [4.78, 5) is 21.3. The molecule has 0 radical (unpaired) electrons. The van der Waals surface area contributed by atoms with E-state index in [0.717, 1.165) is 12.1 Å². The molecule has 1 aromatic carbocycles. The molecular formula is C11H14FN3O3. The second-order valence-electron chi connectivity index (χ2n) is 3.99. The lowest BCUT2D eigenvalue weighted by atomic mass is 10.2. The van der Waals surface area contributed by atoms with Crippen LogP contribution in [0.2, 0.25) is 0 Å². The van der Waals surface area contributed by atoms with E-state index in [0.29, 0.717) is 0 Å². The molecule has 0 aliphatic rings. The molecule has 0 bridgehead atoms. The molecule has 6 nitrogen and oxygen atoms in total. The second kappa shape index (κ2) is 5.95. The Morgan fingerprint density at radius 2 is 2.17 bits per heavy atom. The minimum Gasteiger partial charge on any atom is -0.371 e. The van der Waals surface area contributed by atoms with Crippen LogP contribution in [0.25, 0.3) is 0 Å². The Morgan fingerprint density at radius 1 is 1.50 bits per heavy atom. The van der Waals surface area contributed by atoms with Crippen LogP contribution < -0.4 is 10.6 Å². The minimum atomic E-state index is -0.703. The summed E-state index contributed by atoms with van der Waals surface area (Å²) in [5, 5.41) is 15.9. The number of nitro groups is 1. The van der Waals surface area contributed by atoms with Gasteiger partial charge < -0.3 is 10.6 Å². The number of anilines is 1. The van der Waals surface area contributed by atoms with E-state index in [1.807, 2.05) is 0 Å². The van der Waals surface area contributed by atoms with Gasteiger partial charge in [0.05, 0.1) is 17.5 Å². The van der Waals surface area contributed by atoms with Crippen LogP contribution in [-0.4, -0.2) is 23.4 Å². The number of hydrogen-bond donors (Lipinski definition) is 2. The van der Waals surface area contributed by atoms with Gasteiger partial charge in [-0.25, -0.2) is 4.39 Å². The van der Waals surface area contributed by atoms with Crippen molar-refractivity contribution in [2.45, 2.75) is 19.9 Å². The summed E-state index contributed by atoms with van der Waals surface area (Å²) in [5.41, 5.74) is -0.285. The van der Waals surface area contributed by atoms with E-state index in [4.69, 9.17) is 0 Å². The van der Waals surface area contributed by atoms with Gasteiger partial charge in [-0.05, 0) is 26.0 Å². The number of nitro benzene ring substituents is 1. The molecule has 18 heavy (non-hydrogen) atoms. The van der Waals surface area contributed by atoms with Gasteiger partial charge in [-0.15, -0.1) is 0 Å². The van der Waals surface area contributed by atoms with Crippen LogP contribution in [0.1, 0.15) is 13.8 Å². The highest BCUT2D eigenvalue weighted by atomic mass is 19.1. The van der Waals surface area contributed by atoms with Crippen molar-refractivity contribution in [1.82, 2.24) is 5.32 Å². The normalized spacial score (nSPS) is 10.2. The number of rotatable bonds is 5. The maximum absolute atomic E-state index is 12.9. The summed E-state index contributed by atoms with van der Waals surface area (Å²) in [5.74, 6) is -0.984. The molecule has 0 saturated carbocycles. The smallest absolute Gasteiger partial charge is 0.295 e. The number of carbonyl (C=O) groups excluding carboxylic acids is 1. The molecule has 1 aromatic rings. The zero-order valence-electron chi connectivity index (χ0n) is 10.1. The molecule has 1 amide bonds. The first-order valence-electron chi connectivity index (χ1n) is 5.37. The quantitative estimate of drug-likeness (QED) is 0.619. The van der Waals surface area contributed by atoms with Gasteiger partial charge >= 0.3 is 0 Å². The van der Waals surface area contributed by atoms with Gasteiger partial charge in [0.15, 0.2) is 0 Å². The van der Waals surface area contributed by atoms with Gasteiger partial charge in [-0.1, -0.05) is 0 Å². The van der Waals surface area contributed by atoms with Crippen molar-refractivity contribution in [2.75, 3.05) is 11.9 Å². The number of benzene rings is 1. The van der Waals surface area contributed by atoms with Gasteiger partial charge in [0, 0.05) is 6.04 Å². The lowest BCUT2D eigenvalue weighted by molar-refractivity contribution is -0.384. The van der Waals surface area contributed by atoms with Gasteiger partial charge in [0.1, 0.15) is 11.5 Å². The molecular weight excluding hydrogens is 241 g/mol. The average molecular weight is 255 g/mol. The Balaban J connectivity index is 2.73. The van der Waals surface area contributed by atoms with Crippen molar-refractivity contribution < 1.29 is 14.1 Å². The van der Waals surface area contributed by atoms with Crippen LogP contribution in [0.4, 0.5) is 15.8 Å². The standard InChI is InChI=1S/C11H14FN3O3/c1-7(2)14-11(16)6-13-9-4-3-8(12)5-10(9)15(17)18/h3-5,7,13H,6H2,1-2H3,(H,14,16). The lowest BCUT2D eigenvalue weighted by Gasteiger charge is -2.10. The maximum Gasteiger partial charge on any atom is 0.295 e. The highest BCUT2D eigenvalue weighted by molar-refractivity contribution is 5.81. The third-order valence-corrected chi connectivity index (χ3v) is 2.05. The van der Waals surface area contributed by atoms with E-state index in [1.165, 1.54) is 6.07 Å². The molecule has 0 unspecified atom stereocenters. The Hall–Kier alpha value is -2.18. The molecule has 1 rings (SSSR count). The Labute approximate surface area is 103 Å². The molecule has 0 fully saturated rings. The first kappa shape index (κ1) is 13.9. The molecule has 98 valence electrons. The number of carbonyl (C=O) groups is 1. The molecule has 0 spiro atoms. The fourth-order valence-corrected chi connectivity index (χ4v) is 1.35. The predicted octanol–water partition coefficient (Wildman–Crippen LogP) is 1.67. The molecule has 0 aliphatic carbocycles. The Kier molecular flexibility index (Phi) is 4.59.